The van der Waals surface area contributed by atoms with Crippen molar-refractivity contribution in [2.75, 3.05) is 6.61 Å². The molecule has 140 valence electrons. The molecule has 1 aliphatic carbocycles. The number of ketones is 1. The maximum atomic E-state index is 12.9. The second kappa shape index (κ2) is 7.26. The van der Waals surface area contributed by atoms with Crippen LogP contribution in [0.2, 0.25) is 0 Å². The van der Waals surface area contributed by atoms with Gasteiger partial charge >= 0.3 is 5.97 Å². The molecule has 0 bridgehead atoms. The summed E-state index contributed by atoms with van der Waals surface area (Å²) in [6.45, 7) is 7.45. The molecule has 1 N–H and O–H groups in total. The third-order valence-electron chi connectivity index (χ3n) is 4.63. The molecule has 2 aromatic heterocycles. The lowest BCUT2D eigenvalue weighted by Gasteiger charge is -2.10. The van der Waals surface area contributed by atoms with Crippen molar-refractivity contribution in [3.8, 4) is 0 Å². The van der Waals surface area contributed by atoms with Gasteiger partial charge in [0.05, 0.1) is 23.1 Å². The monoisotopic (exact) mass is 376 g/mol. The van der Waals surface area contributed by atoms with Crippen molar-refractivity contribution in [1.82, 2.24) is 19.7 Å². The summed E-state index contributed by atoms with van der Waals surface area (Å²) in [5, 5.41) is 8.87. The van der Waals surface area contributed by atoms with Crippen molar-refractivity contribution in [2.24, 2.45) is 7.05 Å². The van der Waals surface area contributed by atoms with Gasteiger partial charge in [-0.2, -0.15) is 0 Å². The van der Waals surface area contributed by atoms with Crippen LogP contribution in [0.1, 0.15) is 70.5 Å². The molecule has 0 saturated heterocycles. The van der Waals surface area contributed by atoms with Gasteiger partial charge in [0.15, 0.2) is 10.9 Å². The lowest BCUT2D eigenvalue weighted by Crippen LogP contribution is -2.16. The summed E-state index contributed by atoms with van der Waals surface area (Å²) in [7, 11) is 1.94. The van der Waals surface area contributed by atoms with Gasteiger partial charge in [-0.3, -0.25) is 4.79 Å². The number of hydrogen-bond donors (Lipinski definition) is 1. The van der Waals surface area contributed by atoms with Crippen molar-refractivity contribution < 1.29 is 14.3 Å². The van der Waals surface area contributed by atoms with Gasteiger partial charge in [0, 0.05) is 18.7 Å². The number of aryl methyl sites for hydroxylation is 1. The van der Waals surface area contributed by atoms with E-state index in [1.165, 1.54) is 11.8 Å². The first-order chi connectivity index (χ1) is 12.3. The average molecular weight is 376 g/mol. The second-order valence-electron chi connectivity index (χ2n) is 6.64. The van der Waals surface area contributed by atoms with Gasteiger partial charge in [-0.05, 0) is 46.1 Å². The number of nitrogens with zero attached hydrogens (tertiary/aromatic N) is 3. The van der Waals surface area contributed by atoms with Crippen molar-refractivity contribution in [2.45, 2.75) is 56.9 Å². The fraction of sp³-hybridized carbons (Fsp3) is 0.556. The van der Waals surface area contributed by atoms with E-state index in [1.807, 2.05) is 18.5 Å². The molecule has 0 aromatic carbocycles. The fourth-order valence-electron chi connectivity index (χ4n) is 3.05. The zero-order chi connectivity index (χ0) is 19.0. The number of carbonyl (C=O) groups is 2. The molecule has 0 unspecified atom stereocenters. The second-order valence-corrected chi connectivity index (χ2v) is 7.95. The number of esters is 1. The quantitative estimate of drug-likeness (QED) is 0.453. The van der Waals surface area contributed by atoms with Gasteiger partial charge in [0.25, 0.3) is 0 Å². The Morgan fingerprint density at radius 3 is 2.65 bits per heavy atom. The Morgan fingerprint density at radius 2 is 2.04 bits per heavy atom. The SMILES string of the molecule is CCOC(=O)c1c(C)[nH]c(C(=O)[C@H](C)Sc2nnc(C3CC3)n2C)c1C. The van der Waals surface area contributed by atoms with Gasteiger partial charge in [-0.15, -0.1) is 10.2 Å². The van der Waals surface area contributed by atoms with Crippen LogP contribution in [-0.2, 0) is 11.8 Å². The minimum absolute atomic E-state index is 0.0675. The molecule has 0 aliphatic heterocycles. The predicted molar refractivity (Wildman–Crippen MR) is 98.9 cm³/mol. The third kappa shape index (κ3) is 3.42. The Bertz CT molecular complexity index is 851. The first-order valence-electron chi connectivity index (χ1n) is 8.81. The van der Waals surface area contributed by atoms with Crippen LogP contribution in [0.25, 0.3) is 0 Å². The van der Waals surface area contributed by atoms with Crippen molar-refractivity contribution in [1.29, 1.82) is 0 Å². The highest BCUT2D eigenvalue weighted by Crippen LogP contribution is 2.40. The van der Waals surface area contributed by atoms with Gasteiger partial charge in [0.1, 0.15) is 5.82 Å². The van der Waals surface area contributed by atoms with E-state index >= 15 is 0 Å². The van der Waals surface area contributed by atoms with Crippen LogP contribution in [0.4, 0.5) is 0 Å². The van der Waals surface area contributed by atoms with Gasteiger partial charge in [-0.25, -0.2) is 4.79 Å². The normalized spacial score (nSPS) is 15.1. The van der Waals surface area contributed by atoms with Crippen LogP contribution in [-0.4, -0.2) is 43.4 Å². The summed E-state index contributed by atoms with van der Waals surface area (Å²) in [4.78, 5) is 28.1. The Balaban J connectivity index is 1.78. The molecular formula is C18H24N4O3S. The number of thioether (sulfide) groups is 1. The molecule has 0 amide bonds. The van der Waals surface area contributed by atoms with Crippen LogP contribution < -0.4 is 0 Å². The largest absolute Gasteiger partial charge is 0.462 e. The smallest absolute Gasteiger partial charge is 0.340 e. The topological polar surface area (TPSA) is 89.9 Å². The van der Waals surface area contributed by atoms with Crippen LogP contribution in [0.15, 0.2) is 5.16 Å². The number of nitrogens with one attached hydrogen (secondary N) is 1. The molecule has 3 rings (SSSR count). The molecule has 26 heavy (non-hydrogen) atoms. The van der Waals surface area contributed by atoms with Crippen LogP contribution >= 0.6 is 11.8 Å². The summed E-state index contributed by atoms with van der Waals surface area (Å²) in [6.07, 6.45) is 2.31. The number of rotatable bonds is 7. The summed E-state index contributed by atoms with van der Waals surface area (Å²) < 4.78 is 7.06. The highest BCUT2D eigenvalue weighted by atomic mass is 32.2. The maximum absolute atomic E-state index is 12.9. The Kier molecular flexibility index (Phi) is 5.22. The molecule has 1 saturated carbocycles. The molecule has 0 radical (unpaired) electrons. The molecule has 8 heteroatoms. The molecule has 1 fully saturated rings. The van der Waals surface area contributed by atoms with Gasteiger partial charge in [0.2, 0.25) is 0 Å². The highest BCUT2D eigenvalue weighted by Gasteiger charge is 2.31. The number of Topliss-reactive ketones (excluding diaryl/α,β-unsaturated/α-hetero) is 1. The third-order valence-corrected chi connectivity index (χ3v) is 5.76. The Morgan fingerprint density at radius 1 is 1.35 bits per heavy atom. The van der Waals surface area contributed by atoms with Crippen LogP contribution in [0, 0.1) is 13.8 Å². The van der Waals surface area contributed by atoms with Crippen LogP contribution in [0.5, 0.6) is 0 Å². The Hall–Kier alpha value is -2.09. The number of H-pyrrole nitrogens is 1. The van der Waals surface area contributed by atoms with E-state index in [0.717, 1.165) is 23.8 Å². The number of aromatic nitrogens is 4. The maximum Gasteiger partial charge on any atom is 0.340 e. The van der Waals surface area contributed by atoms with E-state index in [9.17, 15) is 9.59 Å². The van der Waals surface area contributed by atoms with Crippen molar-refractivity contribution in [3.05, 3.63) is 28.3 Å². The standard InChI is InChI=1S/C18H24N4O3S/c1-6-25-17(24)13-9(2)14(19-10(13)3)15(23)11(4)26-18-21-20-16(22(18)5)12-7-8-12/h11-12,19H,6-8H2,1-5H3/t11-/m0/s1. The Labute approximate surface area is 156 Å². The van der Waals surface area contributed by atoms with E-state index in [-0.39, 0.29) is 11.0 Å². The zero-order valence-corrected chi connectivity index (χ0v) is 16.6. The van der Waals surface area contributed by atoms with Gasteiger partial charge in [-0.1, -0.05) is 11.8 Å². The zero-order valence-electron chi connectivity index (χ0n) is 15.8. The van der Waals surface area contributed by atoms with E-state index in [4.69, 9.17) is 4.74 Å². The summed E-state index contributed by atoms with van der Waals surface area (Å²) in [5.74, 6) is 1.03. The summed E-state index contributed by atoms with van der Waals surface area (Å²) in [5.41, 5.74) is 2.18. The van der Waals surface area contributed by atoms with E-state index in [1.54, 1.807) is 20.8 Å². The van der Waals surface area contributed by atoms with E-state index in [0.29, 0.717) is 35.0 Å². The summed E-state index contributed by atoms with van der Waals surface area (Å²) in [6, 6.07) is 0. The molecule has 2 aromatic rings. The van der Waals surface area contributed by atoms with Crippen molar-refractivity contribution in [3.63, 3.8) is 0 Å². The number of hydrogen-bond acceptors (Lipinski definition) is 6. The molecule has 0 spiro atoms. The predicted octanol–water partition coefficient (Wildman–Crippen LogP) is 3.18. The lowest BCUT2D eigenvalue weighted by atomic mass is 10.1. The minimum atomic E-state index is -0.402. The fourth-order valence-corrected chi connectivity index (χ4v) is 3.93. The van der Waals surface area contributed by atoms with Crippen LogP contribution in [0.3, 0.4) is 0 Å². The molecule has 7 nitrogen and oxygen atoms in total. The molecule has 1 aliphatic rings. The first-order valence-corrected chi connectivity index (χ1v) is 9.69. The van der Waals surface area contributed by atoms with Crippen molar-refractivity contribution >= 4 is 23.5 Å². The molecule has 1 atom stereocenters. The molecule has 2 heterocycles. The minimum Gasteiger partial charge on any atom is -0.462 e. The average Bonchev–Trinajstić information content (AvgIpc) is 3.30. The highest BCUT2D eigenvalue weighted by molar-refractivity contribution is 8.00. The van der Waals surface area contributed by atoms with Gasteiger partial charge < -0.3 is 14.3 Å². The number of ether oxygens (including phenoxy) is 1. The number of carbonyl (C=O) groups excluding carboxylic acids is 2. The number of aromatic amines is 1. The van der Waals surface area contributed by atoms with E-state index < -0.39 is 5.97 Å². The van der Waals surface area contributed by atoms with E-state index in [2.05, 4.69) is 15.2 Å². The first kappa shape index (κ1) is 18.7. The lowest BCUT2D eigenvalue weighted by molar-refractivity contribution is 0.0525. The summed E-state index contributed by atoms with van der Waals surface area (Å²) >= 11 is 1.39. The molecular weight excluding hydrogens is 352 g/mol.